The Labute approximate surface area is 229 Å². The van der Waals surface area contributed by atoms with Crippen molar-refractivity contribution in [3.8, 4) is 17.1 Å². The first-order valence-corrected chi connectivity index (χ1v) is 13.1. The number of aromatic nitrogens is 4. The third-order valence-corrected chi connectivity index (χ3v) is 6.90. The van der Waals surface area contributed by atoms with Gasteiger partial charge in [-0.05, 0) is 47.5 Å². The number of benzene rings is 2. The molecule has 0 aliphatic heterocycles. The Morgan fingerprint density at radius 1 is 1.03 bits per heavy atom. The molecule has 0 bridgehead atoms. The predicted octanol–water partition coefficient (Wildman–Crippen LogP) is 6.57. The highest BCUT2D eigenvalue weighted by molar-refractivity contribution is 9.10. The summed E-state index contributed by atoms with van der Waals surface area (Å²) in [5.41, 5.74) is 6.09. The molecule has 0 aliphatic carbocycles. The molecule has 0 spiro atoms. The minimum Gasteiger partial charge on any atom is -0.496 e. The molecule has 0 aliphatic rings. The maximum absolute atomic E-state index is 5.78. The van der Waals surface area contributed by atoms with Gasteiger partial charge in [-0.25, -0.2) is 9.97 Å². The number of hydrogen-bond acceptors (Lipinski definition) is 6. The largest absolute Gasteiger partial charge is 0.496 e. The van der Waals surface area contributed by atoms with Gasteiger partial charge in [0, 0.05) is 65.5 Å². The van der Waals surface area contributed by atoms with Crippen LogP contribution < -0.4 is 10.1 Å². The van der Waals surface area contributed by atoms with Crippen LogP contribution in [0.25, 0.3) is 22.4 Å². The van der Waals surface area contributed by atoms with Gasteiger partial charge in [0.2, 0.25) is 0 Å². The lowest BCUT2D eigenvalue weighted by atomic mass is 10.0. The second-order valence-corrected chi connectivity index (χ2v) is 10.3. The maximum atomic E-state index is 5.78. The molecule has 3 heterocycles. The quantitative estimate of drug-likeness (QED) is 0.202. The van der Waals surface area contributed by atoms with Crippen LogP contribution in [0.1, 0.15) is 16.7 Å². The summed E-state index contributed by atoms with van der Waals surface area (Å²) in [4.78, 5) is 14.9. The van der Waals surface area contributed by atoms with Gasteiger partial charge < -0.3 is 14.6 Å². The smallest absolute Gasteiger partial charge is 0.162 e. The Hall–Kier alpha value is -3.62. The van der Waals surface area contributed by atoms with Crippen LogP contribution in [0.15, 0.2) is 83.7 Å². The fraction of sp³-hybridized carbons (Fsp3) is 0.172. The summed E-state index contributed by atoms with van der Waals surface area (Å²) in [6.07, 6.45) is 6.97. The molecule has 0 saturated carbocycles. The molecule has 0 amide bonds. The SMILES string of the molecule is COc1ccc(Br)cc1CC(=S)Cc1cccc(-c2nc(NCc3cccnc3)c3c(ccn3C)n2)c1. The number of anilines is 1. The van der Waals surface area contributed by atoms with Gasteiger partial charge >= 0.3 is 0 Å². The third-order valence-electron chi connectivity index (χ3n) is 6.12. The average Bonchev–Trinajstić information content (AvgIpc) is 3.29. The van der Waals surface area contributed by atoms with Crippen molar-refractivity contribution in [3.63, 3.8) is 0 Å². The Morgan fingerprint density at radius 2 is 1.89 bits per heavy atom. The van der Waals surface area contributed by atoms with Crippen molar-refractivity contribution in [3.05, 3.63) is 100 Å². The van der Waals surface area contributed by atoms with E-state index in [1.807, 2.05) is 66.5 Å². The van der Waals surface area contributed by atoms with Crippen LogP contribution in [0.3, 0.4) is 0 Å². The van der Waals surface area contributed by atoms with Gasteiger partial charge in [0.05, 0.1) is 12.6 Å². The van der Waals surface area contributed by atoms with Gasteiger partial charge in [-0.15, -0.1) is 0 Å². The van der Waals surface area contributed by atoms with Crippen molar-refractivity contribution in [1.82, 2.24) is 19.5 Å². The average molecular weight is 573 g/mol. The minimum atomic E-state index is 0.623. The molecule has 2 aromatic carbocycles. The molecule has 37 heavy (non-hydrogen) atoms. The highest BCUT2D eigenvalue weighted by Crippen LogP contribution is 2.27. The maximum Gasteiger partial charge on any atom is 0.162 e. The van der Waals surface area contributed by atoms with Gasteiger partial charge in [0.15, 0.2) is 11.6 Å². The standard InChI is InChI=1S/C29H26BrN5OS/c1-35-12-10-25-27(35)29(32-18-20-6-4-11-31-17-20)34-28(33-25)21-7-3-5-19(13-21)14-24(37)16-22-15-23(30)8-9-26(22)36-2/h3-13,15,17H,14,16,18H2,1-2H3,(H,32,33,34). The molecular formula is C29H26BrN5OS. The van der Waals surface area contributed by atoms with Crippen LogP contribution in [0.2, 0.25) is 0 Å². The Kier molecular flexibility index (Phi) is 7.58. The molecule has 3 aromatic heterocycles. The van der Waals surface area contributed by atoms with Crippen LogP contribution >= 0.6 is 28.1 Å². The van der Waals surface area contributed by atoms with E-state index >= 15 is 0 Å². The minimum absolute atomic E-state index is 0.623. The lowest BCUT2D eigenvalue weighted by Gasteiger charge is -2.12. The zero-order chi connectivity index (χ0) is 25.8. The second kappa shape index (κ2) is 11.2. The van der Waals surface area contributed by atoms with E-state index in [2.05, 4.69) is 44.4 Å². The van der Waals surface area contributed by atoms with Gasteiger partial charge in [-0.3, -0.25) is 4.98 Å². The highest BCUT2D eigenvalue weighted by Gasteiger charge is 2.14. The fourth-order valence-corrected chi connectivity index (χ4v) is 5.07. The molecule has 0 radical (unpaired) electrons. The summed E-state index contributed by atoms with van der Waals surface area (Å²) in [7, 11) is 3.69. The lowest BCUT2D eigenvalue weighted by molar-refractivity contribution is 0.411. The van der Waals surface area contributed by atoms with E-state index in [0.29, 0.717) is 25.2 Å². The van der Waals surface area contributed by atoms with Gasteiger partial charge in [0.1, 0.15) is 11.3 Å². The van der Waals surface area contributed by atoms with Crippen molar-refractivity contribution in [2.75, 3.05) is 12.4 Å². The first-order chi connectivity index (χ1) is 18.0. The molecule has 1 N–H and O–H groups in total. The Morgan fingerprint density at radius 3 is 2.70 bits per heavy atom. The molecule has 6 nitrogen and oxygen atoms in total. The molecule has 5 rings (SSSR count). The van der Waals surface area contributed by atoms with Crippen LogP contribution in [-0.2, 0) is 26.4 Å². The number of rotatable bonds is 9. The topological polar surface area (TPSA) is 64.9 Å². The molecule has 5 aromatic rings. The summed E-state index contributed by atoms with van der Waals surface area (Å²) in [5, 5.41) is 3.48. The third kappa shape index (κ3) is 5.87. The first-order valence-electron chi connectivity index (χ1n) is 11.9. The van der Waals surface area contributed by atoms with E-state index in [4.69, 9.17) is 26.9 Å². The number of pyridine rings is 1. The van der Waals surface area contributed by atoms with Crippen molar-refractivity contribution >= 4 is 49.9 Å². The van der Waals surface area contributed by atoms with Gasteiger partial charge in [0.25, 0.3) is 0 Å². The van der Waals surface area contributed by atoms with E-state index in [1.54, 1.807) is 13.3 Å². The lowest BCUT2D eigenvalue weighted by Crippen LogP contribution is -2.07. The zero-order valence-electron chi connectivity index (χ0n) is 20.6. The van der Waals surface area contributed by atoms with E-state index in [-0.39, 0.29) is 0 Å². The summed E-state index contributed by atoms with van der Waals surface area (Å²) < 4.78 is 8.56. The number of hydrogen-bond donors (Lipinski definition) is 1. The van der Waals surface area contributed by atoms with Crippen LogP contribution in [0, 0.1) is 0 Å². The van der Waals surface area contributed by atoms with Gasteiger partial charge in [-0.2, -0.15) is 0 Å². The van der Waals surface area contributed by atoms with Crippen molar-refractivity contribution in [2.45, 2.75) is 19.4 Å². The summed E-state index contributed by atoms with van der Waals surface area (Å²) in [5.74, 6) is 2.31. The number of fused-ring (bicyclic) bond motifs is 1. The molecule has 0 atom stereocenters. The van der Waals surface area contributed by atoms with E-state index in [9.17, 15) is 0 Å². The molecule has 0 fully saturated rings. The van der Waals surface area contributed by atoms with E-state index < -0.39 is 0 Å². The number of methoxy groups -OCH3 is 1. The molecule has 0 unspecified atom stereocenters. The number of nitrogens with zero attached hydrogens (tertiary/aromatic N) is 4. The van der Waals surface area contributed by atoms with Crippen molar-refractivity contribution in [2.24, 2.45) is 7.05 Å². The van der Waals surface area contributed by atoms with Crippen molar-refractivity contribution in [1.29, 1.82) is 0 Å². The van der Waals surface area contributed by atoms with Gasteiger partial charge in [-0.1, -0.05) is 52.4 Å². The fourth-order valence-electron chi connectivity index (χ4n) is 4.34. The molecule has 8 heteroatoms. The zero-order valence-corrected chi connectivity index (χ0v) is 23.0. The van der Waals surface area contributed by atoms with Crippen molar-refractivity contribution < 1.29 is 4.74 Å². The number of thiocarbonyl (C=S) groups is 1. The summed E-state index contributed by atoms with van der Waals surface area (Å²) >= 11 is 9.32. The molecule has 186 valence electrons. The van der Waals surface area contributed by atoms with Crippen LogP contribution in [0.4, 0.5) is 5.82 Å². The highest BCUT2D eigenvalue weighted by atomic mass is 79.9. The number of aryl methyl sites for hydroxylation is 1. The van der Waals surface area contributed by atoms with Crippen LogP contribution in [-0.4, -0.2) is 31.5 Å². The molecular weight excluding hydrogens is 546 g/mol. The molecule has 0 saturated heterocycles. The Balaban J connectivity index is 1.39. The first kappa shape index (κ1) is 25.0. The van der Waals surface area contributed by atoms with E-state index in [0.717, 1.165) is 54.2 Å². The predicted molar refractivity (Wildman–Crippen MR) is 156 cm³/mol. The number of nitrogens with one attached hydrogen (secondary N) is 1. The second-order valence-electron chi connectivity index (χ2n) is 8.82. The van der Waals surface area contributed by atoms with E-state index in [1.165, 1.54) is 0 Å². The monoisotopic (exact) mass is 571 g/mol. The van der Waals surface area contributed by atoms with Crippen LogP contribution in [0.5, 0.6) is 5.75 Å². The summed E-state index contributed by atoms with van der Waals surface area (Å²) in [6.45, 7) is 0.623. The number of ether oxygens (including phenoxy) is 1. The number of halogens is 1. The summed E-state index contributed by atoms with van der Waals surface area (Å²) in [6, 6.07) is 20.3. The Bertz CT molecular complexity index is 1570. The normalized spacial score (nSPS) is 11.0.